The number of nitrogens with one attached hydrogen (secondary N) is 1. The molecule has 2 aromatic carbocycles. The molecule has 1 aliphatic rings. The van der Waals surface area contributed by atoms with Crippen molar-refractivity contribution in [3.63, 3.8) is 0 Å². The molecule has 8 heteroatoms. The molecule has 0 bridgehead atoms. The SMILES string of the molecule is Cc1ccc(C)c(OCCCC(C)(C)C(=O)NC2CCN(S(=O)(=O)c3cccc4cccnc34)CC2)c1. The summed E-state index contributed by atoms with van der Waals surface area (Å²) in [5.74, 6) is 0.891. The van der Waals surface area contributed by atoms with Crippen LogP contribution >= 0.6 is 0 Å². The molecule has 7 nitrogen and oxygen atoms in total. The highest BCUT2D eigenvalue weighted by Crippen LogP contribution is 2.28. The smallest absolute Gasteiger partial charge is 0.245 e. The molecule has 0 atom stereocenters. The molecule has 1 aromatic heterocycles. The van der Waals surface area contributed by atoms with Crippen molar-refractivity contribution < 1.29 is 17.9 Å². The summed E-state index contributed by atoms with van der Waals surface area (Å²) in [6.45, 7) is 9.25. The van der Waals surface area contributed by atoms with E-state index in [0.717, 1.165) is 28.7 Å². The molecule has 1 aliphatic heterocycles. The Bertz CT molecular complexity index is 1360. The number of ether oxygens (including phenoxy) is 1. The van der Waals surface area contributed by atoms with Gasteiger partial charge >= 0.3 is 0 Å². The summed E-state index contributed by atoms with van der Waals surface area (Å²) in [5, 5.41) is 3.96. The lowest BCUT2D eigenvalue weighted by molar-refractivity contribution is -0.130. The Labute approximate surface area is 220 Å². The number of hydrogen-bond donors (Lipinski definition) is 1. The lowest BCUT2D eigenvalue weighted by atomic mass is 9.86. The first-order valence-corrected chi connectivity index (χ1v) is 14.4. The van der Waals surface area contributed by atoms with Crippen molar-refractivity contribution in [1.82, 2.24) is 14.6 Å². The van der Waals surface area contributed by atoms with Crippen molar-refractivity contribution in [2.45, 2.75) is 64.3 Å². The van der Waals surface area contributed by atoms with Gasteiger partial charge in [0.15, 0.2) is 0 Å². The number of sulfonamides is 1. The molecule has 1 amide bonds. The number of fused-ring (bicyclic) bond motifs is 1. The van der Waals surface area contributed by atoms with Crippen LogP contribution in [0.15, 0.2) is 59.6 Å². The standard InChI is InChI=1S/C29H37N3O4S/c1-21-11-12-22(2)25(20-21)36-19-7-15-29(3,4)28(33)31-24-13-17-32(18-14-24)37(34,35)26-10-5-8-23-9-6-16-30-27(23)26/h5-6,8-12,16,20,24H,7,13-15,17-19H2,1-4H3,(H,31,33). The number of carbonyl (C=O) groups excluding carboxylic acids is 1. The molecule has 1 fully saturated rings. The maximum absolute atomic E-state index is 13.4. The van der Waals surface area contributed by atoms with Crippen LogP contribution in [0.2, 0.25) is 0 Å². The summed E-state index contributed by atoms with van der Waals surface area (Å²) >= 11 is 0. The molecule has 0 aliphatic carbocycles. The van der Waals surface area contributed by atoms with Gasteiger partial charge in [-0.05, 0) is 68.9 Å². The second-order valence-corrected chi connectivity index (χ2v) is 12.5. The molecule has 198 valence electrons. The van der Waals surface area contributed by atoms with E-state index in [1.54, 1.807) is 24.4 Å². The summed E-state index contributed by atoms with van der Waals surface area (Å²) in [6, 6.07) is 15.0. The predicted molar refractivity (Wildman–Crippen MR) is 146 cm³/mol. The van der Waals surface area contributed by atoms with Crippen molar-refractivity contribution in [3.8, 4) is 5.75 Å². The highest BCUT2D eigenvalue weighted by Gasteiger charge is 2.34. The van der Waals surface area contributed by atoms with Gasteiger partial charge in [0.1, 0.15) is 10.6 Å². The van der Waals surface area contributed by atoms with Crippen LogP contribution in [0.3, 0.4) is 0 Å². The minimum absolute atomic E-state index is 0.00111. The van der Waals surface area contributed by atoms with Gasteiger partial charge in [0.05, 0.1) is 12.1 Å². The number of rotatable bonds is 9. The second-order valence-electron chi connectivity index (χ2n) is 10.6. The Morgan fingerprint density at radius 1 is 1.11 bits per heavy atom. The van der Waals surface area contributed by atoms with Gasteiger partial charge in [0, 0.05) is 36.1 Å². The van der Waals surface area contributed by atoms with Crippen LogP contribution in [0.25, 0.3) is 10.9 Å². The highest BCUT2D eigenvalue weighted by molar-refractivity contribution is 7.89. The largest absolute Gasteiger partial charge is 0.493 e. The minimum atomic E-state index is -3.67. The number of aromatic nitrogens is 1. The number of piperidine rings is 1. The fourth-order valence-corrected chi connectivity index (χ4v) is 6.35. The predicted octanol–water partition coefficient (Wildman–Crippen LogP) is 5.01. The number of hydrogen-bond acceptors (Lipinski definition) is 5. The Kier molecular flexibility index (Phi) is 8.19. The third-order valence-corrected chi connectivity index (χ3v) is 9.09. The zero-order chi connectivity index (χ0) is 26.6. The molecule has 1 saturated heterocycles. The zero-order valence-electron chi connectivity index (χ0n) is 22.2. The van der Waals surface area contributed by atoms with Crippen molar-refractivity contribution >= 4 is 26.8 Å². The van der Waals surface area contributed by atoms with E-state index >= 15 is 0 Å². The first-order valence-electron chi connectivity index (χ1n) is 12.9. The van der Waals surface area contributed by atoms with Gasteiger partial charge in [-0.1, -0.05) is 44.2 Å². The van der Waals surface area contributed by atoms with Crippen molar-refractivity contribution in [3.05, 3.63) is 65.9 Å². The summed E-state index contributed by atoms with van der Waals surface area (Å²) < 4.78 is 34.2. The molecule has 37 heavy (non-hydrogen) atoms. The molecule has 0 radical (unpaired) electrons. The molecule has 0 spiro atoms. The molecule has 3 aromatic rings. The quantitative estimate of drug-likeness (QED) is 0.399. The number of pyridine rings is 1. The van der Waals surface area contributed by atoms with E-state index in [-0.39, 0.29) is 16.8 Å². The number of aryl methyl sites for hydroxylation is 2. The van der Waals surface area contributed by atoms with Crippen LogP contribution in [-0.4, -0.2) is 49.4 Å². The molecular formula is C29H37N3O4S. The lowest BCUT2D eigenvalue weighted by Gasteiger charge is -2.34. The topological polar surface area (TPSA) is 88.6 Å². The number of para-hydroxylation sites is 1. The van der Waals surface area contributed by atoms with E-state index in [1.807, 2.05) is 45.9 Å². The van der Waals surface area contributed by atoms with E-state index in [1.165, 1.54) is 4.31 Å². The Hall–Kier alpha value is -2.97. The van der Waals surface area contributed by atoms with Gasteiger partial charge in [-0.2, -0.15) is 4.31 Å². The molecule has 2 heterocycles. The average Bonchev–Trinajstić information content (AvgIpc) is 2.88. The van der Waals surface area contributed by atoms with Crippen LogP contribution in [0, 0.1) is 19.3 Å². The molecule has 1 N–H and O–H groups in total. The van der Waals surface area contributed by atoms with E-state index in [4.69, 9.17) is 4.74 Å². The summed E-state index contributed by atoms with van der Waals surface area (Å²) in [6.07, 6.45) is 4.24. The third kappa shape index (κ3) is 6.30. The van der Waals surface area contributed by atoms with Crippen LogP contribution in [0.5, 0.6) is 5.75 Å². The summed E-state index contributed by atoms with van der Waals surface area (Å²) in [7, 11) is -3.67. The molecular weight excluding hydrogens is 486 g/mol. The van der Waals surface area contributed by atoms with Gasteiger partial charge in [0.25, 0.3) is 0 Å². The maximum atomic E-state index is 13.4. The van der Waals surface area contributed by atoms with E-state index < -0.39 is 15.4 Å². The van der Waals surface area contributed by atoms with Gasteiger partial charge < -0.3 is 10.1 Å². The third-order valence-electron chi connectivity index (χ3n) is 7.16. The second kappa shape index (κ2) is 11.2. The Morgan fingerprint density at radius 3 is 2.59 bits per heavy atom. The molecule has 0 unspecified atom stereocenters. The summed E-state index contributed by atoms with van der Waals surface area (Å²) in [5.41, 5.74) is 2.22. The van der Waals surface area contributed by atoms with Gasteiger partial charge in [-0.25, -0.2) is 8.42 Å². The van der Waals surface area contributed by atoms with Gasteiger partial charge in [0.2, 0.25) is 15.9 Å². The van der Waals surface area contributed by atoms with Gasteiger partial charge in [-0.15, -0.1) is 0 Å². The van der Waals surface area contributed by atoms with Crippen molar-refractivity contribution in [2.75, 3.05) is 19.7 Å². The minimum Gasteiger partial charge on any atom is -0.493 e. The average molecular weight is 524 g/mol. The number of nitrogens with zero attached hydrogens (tertiary/aromatic N) is 2. The molecule has 0 saturated carbocycles. The Morgan fingerprint density at radius 2 is 1.84 bits per heavy atom. The number of benzene rings is 2. The normalized spacial score (nSPS) is 15.6. The molecule has 4 rings (SSSR count). The van der Waals surface area contributed by atoms with E-state index in [9.17, 15) is 13.2 Å². The first kappa shape index (κ1) is 27.1. The highest BCUT2D eigenvalue weighted by atomic mass is 32.2. The van der Waals surface area contributed by atoms with E-state index in [0.29, 0.717) is 44.5 Å². The van der Waals surface area contributed by atoms with E-state index in [2.05, 4.69) is 22.4 Å². The van der Waals surface area contributed by atoms with Crippen LogP contribution in [0.4, 0.5) is 0 Å². The summed E-state index contributed by atoms with van der Waals surface area (Å²) in [4.78, 5) is 17.6. The maximum Gasteiger partial charge on any atom is 0.245 e. The number of carbonyl (C=O) groups is 1. The zero-order valence-corrected chi connectivity index (χ0v) is 23.0. The fraction of sp³-hybridized carbons (Fsp3) is 0.448. The van der Waals surface area contributed by atoms with Crippen molar-refractivity contribution in [1.29, 1.82) is 0 Å². The lowest BCUT2D eigenvalue weighted by Crippen LogP contribution is -2.49. The first-order chi connectivity index (χ1) is 17.6. The van der Waals surface area contributed by atoms with Crippen LogP contribution in [0.1, 0.15) is 50.7 Å². The van der Waals surface area contributed by atoms with Crippen LogP contribution < -0.4 is 10.1 Å². The number of amides is 1. The fourth-order valence-electron chi connectivity index (χ4n) is 4.72. The van der Waals surface area contributed by atoms with Crippen molar-refractivity contribution in [2.24, 2.45) is 5.41 Å². The Balaban J connectivity index is 1.28. The van der Waals surface area contributed by atoms with Gasteiger partial charge in [-0.3, -0.25) is 9.78 Å². The monoisotopic (exact) mass is 523 g/mol. The van der Waals surface area contributed by atoms with Crippen LogP contribution in [-0.2, 0) is 14.8 Å².